The number of aliphatic hydroxyl groups is 1. The third kappa shape index (κ3) is 1.91. The molecule has 1 aliphatic rings. The number of hydrogen-bond donors (Lipinski definition) is 2. The Morgan fingerprint density at radius 1 is 1.67 bits per heavy atom. The number of rotatable bonds is 0. The SMILES string of the molecule is NC1C=C(O)OCCO1. The van der Waals surface area contributed by atoms with Crippen molar-refractivity contribution in [2.45, 2.75) is 6.23 Å². The van der Waals surface area contributed by atoms with Gasteiger partial charge in [0.15, 0.2) is 0 Å². The van der Waals surface area contributed by atoms with E-state index in [4.69, 9.17) is 15.6 Å². The first-order chi connectivity index (χ1) is 4.29. The van der Waals surface area contributed by atoms with Gasteiger partial charge in [0, 0.05) is 6.08 Å². The van der Waals surface area contributed by atoms with Crippen LogP contribution in [-0.4, -0.2) is 24.5 Å². The molecule has 3 N–H and O–H groups in total. The van der Waals surface area contributed by atoms with Gasteiger partial charge >= 0.3 is 0 Å². The van der Waals surface area contributed by atoms with Crippen molar-refractivity contribution in [1.82, 2.24) is 0 Å². The predicted octanol–water partition coefficient (Wildman–Crippen LogP) is -0.283. The van der Waals surface area contributed by atoms with Gasteiger partial charge in [0.2, 0.25) is 0 Å². The first kappa shape index (κ1) is 6.38. The van der Waals surface area contributed by atoms with Crippen LogP contribution in [0.1, 0.15) is 0 Å². The molecule has 9 heavy (non-hydrogen) atoms. The molecule has 52 valence electrons. The molecule has 1 unspecified atom stereocenters. The number of ether oxygens (including phenoxy) is 2. The average Bonchev–Trinajstić information content (AvgIpc) is 1.93. The molecule has 1 rings (SSSR count). The van der Waals surface area contributed by atoms with Crippen molar-refractivity contribution in [1.29, 1.82) is 0 Å². The molecule has 1 aliphatic heterocycles. The molecular formula is C5H9NO3. The normalized spacial score (nSPS) is 28.1. The van der Waals surface area contributed by atoms with Crippen LogP contribution in [0.3, 0.4) is 0 Å². The summed E-state index contributed by atoms with van der Waals surface area (Å²) in [5, 5.41) is 8.74. The molecule has 0 aromatic carbocycles. The Bertz CT molecular complexity index is 123. The molecule has 1 heterocycles. The predicted molar refractivity (Wildman–Crippen MR) is 30.6 cm³/mol. The third-order valence-electron chi connectivity index (χ3n) is 0.950. The second-order valence-corrected chi connectivity index (χ2v) is 1.69. The van der Waals surface area contributed by atoms with E-state index in [9.17, 15) is 0 Å². The molecule has 1 atom stereocenters. The van der Waals surface area contributed by atoms with Crippen molar-refractivity contribution in [3.05, 3.63) is 12.0 Å². The van der Waals surface area contributed by atoms with Crippen molar-refractivity contribution in [3.63, 3.8) is 0 Å². The number of hydrogen-bond acceptors (Lipinski definition) is 4. The van der Waals surface area contributed by atoms with Crippen LogP contribution in [0.2, 0.25) is 0 Å². The second-order valence-electron chi connectivity index (χ2n) is 1.69. The maximum atomic E-state index is 8.74. The summed E-state index contributed by atoms with van der Waals surface area (Å²) in [5.74, 6) is -0.153. The molecule has 4 nitrogen and oxygen atoms in total. The van der Waals surface area contributed by atoms with E-state index in [1.165, 1.54) is 6.08 Å². The average molecular weight is 131 g/mol. The largest absolute Gasteiger partial charge is 0.481 e. The van der Waals surface area contributed by atoms with Crippen LogP contribution in [0.5, 0.6) is 0 Å². The van der Waals surface area contributed by atoms with Crippen molar-refractivity contribution in [2.75, 3.05) is 13.2 Å². The summed E-state index contributed by atoms with van der Waals surface area (Å²) in [6, 6.07) is 0. The van der Waals surface area contributed by atoms with Crippen LogP contribution >= 0.6 is 0 Å². The first-order valence-electron chi connectivity index (χ1n) is 2.70. The van der Waals surface area contributed by atoms with E-state index in [1.54, 1.807) is 0 Å². The zero-order valence-electron chi connectivity index (χ0n) is 4.91. The van der Waals surface area contributed by atoms with Gasteiger partial charge in [-0.2, -0.15) is 0 Å². The Balaban J connectivity index is 2.49. The first-order valence-corrected chi connectivity index (χ1v) is 2.70. The second kappa shape index (κ2) is 2.70. The van der Waals surface area contributed by atoms with Gasteiger partial charge in [-0.1, -0.05) is 0 Å². The van der Waals surface area contributed by atoms with E-state index in [0.29, 0.717) is 13.2 Å². The van der Waals surface area contributed by atoms with Crippen LogP contribution in [0.25, 0.3) is 0 Å². The third-order valence-corrected chi connectivity index (χ3v) is 0.950. The molecule has 0 bridgehead atoms. The molecule has 0 radical (unpaired) electrons. The minimum atomic E-state index is -0.535. The maximum absolute atomic E-state index is 8.74. The molecule has 4 heteroatoms. The molecule has 0 fully saturated rings. The summed E-state index contributed by atoms with van der Waals surface area (Å²) in [6.45, 7) is 0.776. The van der Waals surface area contributed by atoms with Crippen molar-refractivity contribution < 1.29 is 14.6 Å². The highest BCUT2D eigenvalue weighted by atomic mass is 16.6. The van der Waals surface area contributed by atoms with Gasteiger partial charge in [0.1, 0.15) is 12.8 Å². The highest BCUT2D eigenvalue weighted by Crippen LogP contribution is 1.99. The smallest absolute Gasteiger partial charge is 0.276 e. The minimum absolute atomic E-state index is 0.153. The summed E-state index contributed by atoms with van der Waals surface area (Å²) < 4.78 is 9.57. The van der Waals surface area contributed by atoms with Crippen molar-refractivity contribution in [2.24, 2.45) is 5.73 Å². The Kier molecular flexibility index (Phi) is 1.92. The highest BCUT2D eigenvalue weighted by molar-refractivity contribution is 4.88. The quantitative estimate of drug-likeness (QED) is 0.474. The fourth-order valence-corrected chi connectivity index (χ4v) is 0.567. The van der Waals surface area contributed by atoms with Crippen LogP contribution in [0.15, 0.2) is 12.0 Å². The summed E-state index contributed by atoms with van der Waals surface area (Å²) in [7, 11) is 0. The topological polar surface area (TPSA) is 64.7 Å². The van der Waals surface area contributed by atoms with Gasteiger partial charge in [0.05, 0.1) is 6.61 Å². The maximum Gasteiger partial charge on any atom is 0.276 e. The van der Waals surface area contributed by atoms with Crippen molar-refractivity contribution in [3.8, 4) is 0 Å². The summed E-state index contributed by atoms with van der Waals surface area (Å²) in [6.07, 6.45) is 0.778. The van der Waals surface area contributed by atoms with E-state index < -0.39 is 6.23 Å². The van der Waals surface area contributed by atoms with Crippen LogP contribution in [0, 0.1) is 0 Å². The lowest BCUT2D eigenvalue weighted by Crippen LogP contribution is -2.21. The van der Waals surface area contributed by atoms with Gasteiger partial charge in [0.25, 0.3) is 5.95 Å². The molecule has 0 saturated carbocycles. The van der Waals surface area contributed by atoms with Crippen LogP contribution < -0.4 is 5.73 Å². The zero-order chi connectivity index (χ0) is 6.69. The monoisotopic (exact) mass is 131 g/mol. The molecule has 0 spiro atoms. The standard InChI is InChI=1S/C5H9NO3/c6-4-3-5(7)9-2-1-8-4/h3-4,7H,1-2,6H2. The summed E-state index contributed by atoms with van der Waals surface area (Å²) in [5.41, 5.74) is 5.29. The lowest BCUT2D eigenvalue weighted by atomic mass is 10.5. The van der Waals surface area contributed by atoms with Gasteiger partial charge < -0.3 is 20.3 Å². The Labute approximate surface area is 52.9 Å². The molecule has 0 saturated heterocycles. The van der Waals surface area contributed by atoms with E-state index in [1.807, 2.05) is 0 Å². The molecular weight excluding hydrogens is 122 g/mol. The van der Waals surface area contributed by atoms with Gasteiger partial charge in [-0.05, 0) is 0 Å². The van der Waals surface area contributed by atoms with Crippen LogP contribution in [-0.2, 0) is 9.47 Å². The van der Waals surface area contributed by atoms with Gasteiger partial charge in [-0.15, -0.1) is 0 Å². The van der Waals surface area contributed by atoms with E-state index in [0.717, 1.165) is 0 Å². The highest BCUT2D eigenvalue weighted by Gasteiger charge is 2.06. The Morgan fingerprint density at radius 3 is 3.22 bits per heavy atom. The molecule has 0 aromatic heterocycles. The number of aliphatic hydroxyl groups excluding tert-OH is 1. The zero-order valence-corrected chi connectivity index (χ0v) is 4.91. The van der Waals surface area contributed by atoms with E-state index in [-0.39, 0.29) is 5.95 Å². The summed E-state index contributed by atoms with van der Waals surface area (Å²) >= 11 is 0. The molecule has 0 aromatic rings. The molecule has 0 aliphatic carbocycles. The lowest BCUT2D eigenvalue weighted by molar-refractivity contribution is 0.0447. The molecule has 0 amide bonds. The fraction of sp³-hybridized carbons (Fsp3) is 0.600. The minimum Gasteiger partial charge on any atom is -0.481 e. The van der Waals surface area contributed by atoms with E-state index in [2.05, 4.69) is 4.74 Å². The van der Waals surface area contributed by atoms with Gasteiger partial charge in [-0.3, -0.25) is 0 Å². The fourth-order valence-electron chi connectivity index (χ4n) is 0.567. The lowest BCUT2D eigenvalue weighted by Gasteiger charge is -2.01. The number of nitrogens with two attached hydrogens (primary N) is 1. The van der Waals surface area contributed by atoms with Crippen LogP contribution in [0.4, 0.5) is 0 Å². The van der Waals surface area contributed by atoms with Gasteiger partial charge in [-0.25, -0.2) is 0 Å². The Morgan fingerprint density at radius 2 is 2.44 bits per heavy atom. The Hall–Kier alpha value is -0.740. The summed E-state index contributed by atoms with van der Waals surface area (Å²) in [4.78, 5) is 0. The van der Waals surface area contributed by atoms with Crippen molar-refractivity contribution >= 4 is 0 Å². The van der Waals surface area contributed by atoms with E-state index >= 15 is 0 Å².